The number of rotatable bonds is 4. The summed E-state index contributed by atoms with van der Waals surface area (Å²) in [4.78, 5) is 13.6. The van der Waals surface area contributed by atoms with Crippen LogP contribution < -0.4 is 10.1 Å². The standard InChI is InChI=1S/C18H15BrN2O2S/c1-21-17(22)15(20-18(21)24)10-13-9-14(19)7-8-16(13)23-11-12-5-3-2-4-6-12/h2-10H,11H2,1H3,(H,20,24)/b15-10-. The highest BCUT2D eigenvalue weighted by Gasteiger charge is 2.27. The molecule has 1 aliphatic rings. The van der Waals surface area contributed by atoms with Crippen molar-refractivity contribution in [3.63, 3.8) is 0 Å². The van der Waals surface area contributed by atoms with Crippen LogP contribution in [0.1, 0.15) is 11.1 Å². The van der Waals surface area contributed by atoms with E-state index in [1.54, 1.807) is 13.1 Å². The number of ether oxygens (including phenoxy) is 1. The van der Waals surface area contributed by atoms with Gasteiger partial charge in [0.1, 0.15) is 18.1 Å². The van der Waals surface area contributed by atoms with Gasteiger partial charge in [0.15, 0.2) is 5.11 Å². The molecule has 6 heteroatoms. The summed E-state index contributed by atoms with van der Waals surface area (Å²) < 4.78 is 6.83. The topological polar surface area (TPSA) is 41.6 Å². The van der Waals surface area contributed by atoms with E-state index in [0.29, 0.717) is 23.2 Å². The first-order valence-electron chi connectivity index (χ1n) is 7.31. The third-order valence-corrected chi connectivity index (χ3v) is 4.46. The average molecular weight is 403 g/mol. The number of halogens is 1. The van der Waals surface area contributed by atoms with Crippen LogP contribution in [0, 0.1) is 0 Å². The molecule has 0 saturated carbocycles. The van der Waals surface area contributed by atoms with Crippen molar-refractivity contribution < 1.29 is 9.53 Å². The van der Waals surface area contributed by atoms with Gasteiger partial charge in [-0.15, -0.1) is 0 Å². The SMILES string of the molecule is CN1C(=O)/C(=C/c2cc(Br)ccc2OCc2ccccc2)NC1=S. The van der Waals surface area contributed by atoms with Crippen molar-refractivity contribution in [3.05, 3.63) is 69.8 Å². The minimum atomic E-state index is -0.158. The number of nitrogens with one attached hydrogen (secondary N) is 1. The molecule has 1 fully saturated rings. The molecule has 1 aliphatic heterocycles. The number of carbonyl (C=O) groups excluding carboxylic acids is 1. The summed E-state index contributed by atoms with van der Waals surface area (Å²) >= 11 is 8.55. The molecule has 2 aromatic carbocycles. The zero-order valence-electron chi connectivity index (χ0n) is 13.0. The van der Waals surface area contributed by atoms with E-state index >= 15 is 0 Å². The normalized spacial score (nSPS) is 15.8. The van der Waals surface area contributed by atoms with Crippen LogP contribution in [0.15, 0.2) is 58.7 Å². The summed E-state index contributed by atoms with van der Waals surface area (Å²) in [6, 6.07) is 15.6. The number of carbonyl (C=O) groups is 1. The van der Waals surface area contributed by atoms with E-state index in [4.69, 9.17) is 17.0 Å². The minimum absolute atomic E-state index is 0.158. The van der Waals surface area contributed by atoms with Gasteiger partial charge in [-0.2, -0.15) is 0 Å². The predicted octanol–water partition coefficient (Wildman–Crippen LogP) is 3.72. The number of nitrogens with zero attached hydrogens (tertiary/aromatic N) is 1. The molecule has 24 heavy (non-hydrogen) atoms. The van der Waals surface area contributed by atoms with Gasteiger partial charge in [-0.1, -0.05) is 46.3 Å². The highest BCUT2D eigenvalue weighted by Crippen LogP contribution is 2.27. The first-order chi connectivity index (χ1) is 11.5. The van der Waals surface area contributed by atoms with E-state index in [2.05, 4.69) is 21.2 Å². The molecular weight excluding hydrogens is 388 g/mol. The van der Waals surface area contributed by atoms with Crippen LogP contribution in [-0.4, -0.2) is 23.0 Å². The van der Waals surface area contributed by atoms with E-state index in [9.17, 15) is 4.79 Å². The van der Waals surface area contributed by atoms with E-state index in [-0.39, 0.29) is 5.91 Å². The van der Waals surface area contributed by atoms with E-state index in [1.807, 2.05) is 48.5 Å². The lowest BCUT2D eigenvalue weighted by Gasteiger charge is -2.10. The number of likely N-dealkylation sites (N-methyl/N-ethyl adjacent to an activating group) is 1. The molecule has 1 amide bonds. The highest BCUT2D eigenvalue weighted by molar-refractivity contribution is 9.10. The molecule has 0 bridgehead atoms. The highest BCUT2D eigenvalue weighted by atomic mass is 79.9. The van der Waals surface area contributed by atoms with Gasteiger partial charge in [0.05, 0.1) is 0 Å². The van der Waals surface area contributed by atoms with Crippen molar-refractivity contribution in [2.45, 2.75) is 6.61 Å². The zero-order chi connectivity index (χ0) is 17.1. The van der Waals surface area contributed by atoms with Crippen molar-refractivity contribution in [3.8, 4) is 5.75 Å². The summed E-state index contributed by atoms with van der Waals surface area (Å²) in [5.41, 5.74) is 2.31. The van der Waals surface area contributed by atoms with Crippen molar-refractivity contribution >= 4 is 45.2 Å². The number of benzene rings is 2. The van der Waals surface area contributed by atoms with Crippen LogP contribution in [0.2, 0.25) is 0 Å². The number of thiocarbonyl (C=S) groups is 1. The lowest BCUT2D eigenvalue weighted by atomic mass is 10.1. The quantitative estimate of drug-likeness (QED) is 0.624. The van der Waals surface area contributed by atoms with Gasteiger partial charge in [-0.05, 0) is 42.1 Å². The molecule has 0 aliphatic carbocycles. The number of amides is 1. The van der Waals surface area contributed by atoms with Crippen molar-refractivity contribution in [2.24, 2.45) is 0 Å². The second-order valence-corrected chi connectivity index (χ2v) is 6.61. The maximum Gasteiger partial charge on any atom is 0.276 e. The largest absolute Gasteiger partial charge is 0.488 e. The monoisotopic (exact) mass is 402 g/mol. The summed E-state index contributed by atoms with van der Waals surface area (Å²) in [5, 5.41) is 3.32. The molecule has 0 radical (unpaired) electrons. The maximum absolute atomic E-state index is 12.2. The van der Waals surface area contributed by atoms with Crippen LogP contribution >= 0.6 is 28.1 Å². The lowest BCUT2D eigenvalue weighted by molar-refractivity contribution is -0.121. The Morgan fingerprint density at radius 2 is 2.00 bits per heavy atom. The van der Waals surface area contributed by atoms with Crippen LogP contribution in [0.4, 0.5) is 0 Å². The molecule has 0 aromatic heterocycles. The van der Waals surface area contributed by atoms with Gasteiger partial charge < -0.3 is 10.1 Å². The van der Waals surface area contributed by atoms with Gasteiger partial charge in [0.25, 0.3) is 5.91 Å². The Kier molecular flexibility index (Phi) is 4.97. The Morgan fingerprint density at radius 3 is 2.67 bits per heavy atom. The van der Waals surface area contributed by atoms with Gasteiger partial charge in [0, 0.05) is 17.1 Å². The van der Waals surface area contributed by atoms with Crippen molar-refractivity contribution in [1.29, 1.82) is 0 Å². The van der Waals surface area contributed by atoms with Crippen LogP contribution in [-0.2, 0) is 11.4 Å². The summed E-state index contributed by atoms with van der Waals surface area (Å²) in [5.74, 6) is 0.540. The lowest BCUT2D eigenvalue weighted by Crippen LogP contribution is -2.25. The Bertz CT molecular complexity index is 821. The van der Waals surface area contributed by atoms with Gasteiger partial charge in [0.2, 0.25) is 0 Å². The molecule has 4 nitrogen and oxygen atoms in total. The minimum Gasteiger partial charge on any atom is -0.488 e. The van der Waals surface area contributed by atoms with Gasteiger partial charge >= 0.3 is 0 Å². The summed E-state index contributed by atoms with van der Waals surface area (Å²) in [7, 11) is 1.65. The van der Waals surface area contributed by atoms with Crippen molar-refractivity contribution in [2.75, 3.05) is 7.05 Å². The first kappa shape index (κ1) is 16.7. The third kappa shape index (κ3) is 3.66. The average Bonchev–Trinajstić information content (AvgIpc) is 2.82. The predicted molar refractivity (Wildman–Crippen MR) is 101 cm³/mol. The molecule has 1 heterocycles. The van der Waals surface area contributed by atoms with Gasteiger partial charge in [-0.3, -0.25) is 9.69 Å². The summed E-state index contributed by atoms with van der Waals surface area (Å²) in [6.45, 7) is 0.457. The second-order valence-electron chi connectivity index (χ2n) is 5.31. The van der Waals surface area contributed by atoms with Crippen LogP contribution in [0.5, 0.6) is 5.75 Å². The fraction of sp³-hybridized carbons (Fsp3) is 0.111. The molecule has 1 N–H and O–H groups in total. The number of hydrogen-bond donors (Lipinski definition) is 1. The Morgan fingerprint density at radius 1 is 1.25 bits per heavy atom. The van der Waals surface area contributed by atoms with Crippen LogP contribution in [0.3, 0.4) is 0 Å². The fourth-order valence-electron chi connectivity index (χ4n) is 2.28. The Hall–Kier alpha value is -2.18. The van der Waals surface area contributed by atoms with Crippen molar-refractivity contribution in [1.82, 2.24) is 10.2 Å². The molecule has 3 rings (SSSR count). The second kappa shape index (κ2) is 7.15. The molecule has 0 spiro atoms. The van der Waals surface area contributed by atoms with Crippen LogP contribution in [0.25, 0.3) is 6.08 Å². The number of hydrogen-bond acceptors (Lipinski definition) is 3. The van der Waals surface area contributed by atoms with E-state index in [1.165, 1.54) is 4.90 Å². The first-order valence-corrected chi connectivity index (χ1v) is 8.52. The molecule has 2 aromatic rings. The van der Waals surface area contributed by atoms with E-state index in [0.717, 1.165) is 15.6 Å². The molecule has 0 unspecified atom stereocenters. The Balaban J connectivity index is 1.86. The fourth-order valence-corrected chi connectivity index (χ4v) is 2.85. The molecule has 0 atom stereocenters. The van der Waals surface area contributed by atoms with E-state index < -0.39 is 0 Å². The van der Waals surface area contributed by atoms with Gasteiger partial charge in [-0.25, -0.2) is 0 Å². The zero-order valence-corrected chi connectivity index (χ0v) is 15.4. The Labute approximate surface area is 154 Å². The molecular formula is C18H15BrN2O2S. The smallest absolute Gasteiger partial charge is 0.276 e. The molecule has 122 valence electrons. The molecule has 1 saturated heterocycles. The third-order valence-electron chi connectivity index (χ3n) is 3.59. The maximum atomic E-state index is 12.2. The summed E-state index contributed by atoms with van der Waals surface area (Å²) in [6.07, 6.45) is 1.75.